The zero-order valence-electron chi connectivity index (χ0n) is 29.6. The molecule has 0 spiro atoms. The Hall–Kier alpha value is -5.09. The second-order valence-corrected chi connectivity index (χ2v) is 22.3. The zero-order valence-corrected chi connectivity index (χ0v) is 31.6. The number of nitrogens with zero attached hydrogens (tertiary/aromatic N) is 4. The number of rotatable bonds is 8. The van der Waals surface area contributed by atoms with Crippen molar-refractivity contribution in [3.63, 3.8) is 0 Å². The summed E-state index contributed by atoms with van der Waals surface area (Å²) in [6.07, 6.45) is 3.87. The van der Waals surface area contributed by atoms with Gasteiger partial charge in [0.1, 0.15) is 16.9 Å². The first-order valence-electron chi connectivity index (χ1n) is 17.0. The molecule has 1 unspecified atom stereocenters. The van der Waals surface area contributed by atoms with Crippen LogP contribution >= 0.6 is 0 Å². The number of aromatic nitrogens is 4. The minimum atomic E-state index is -2.39. The molecule has 13 heteroatoms. The lowest BCUT2D eigenvalue weighted by atomic mass is 9.97. The minimum Gasteiger partial charge on any atom is -0.432 e. The lowest BCUT2D eigenvalue weighted by Gasteiger charge is -2.36. The summed E-state index contributed by atoms with van der Waals surface area (Å²) in [7, 11) is -4.50. The van der Waals surface area contributed by atoms with E-state index in [-0.39, 0.29) is 5.54 Å². The quantitative estimate of drug-likeness (QED) is 0.138. The van der Waals surface area contributed by atoms with E-state index >= 15 is 0 Å². The summed E-state index contributed by atoms with van der Waals surface area (Å²) < 4.78 is 1.74. The highest BCUT2D eigenvalue weighted by molar-refractivity contribution is 6.83. The van der Waals surface area contributed by atoms with Crippen molar-refractivity contribution in [3.05, 3.63) is 114 Å². The fourth-order valence-electron chi connectivity index (χ4n) is 6.81. The Labute approximate surface area is 299 Å². The number of benzene rings is 4. The molecule has 0 bridgehead atoms. The van der Waals surface area contributed by atoms with Crippen LogP contribution in [0.25, 0.3) is 27.6 Å². The summed E-state index contributed by atoms with van der Waals surface area (Å²) in [5.74, 6) is -0.120. The van der Waals surface area contributed by atoms with Gasteiger partial charge in [-0.1, -0.05) is 42.5 Å². The van der Waals surface area contributed by atoms with E-state index in [2.05, 4.69) is 34.0 Å². The molecular formula is C38H45N7O4Si2. The molecule has 1 atom stereocenters. The molecule has 4 aromatic carbocycles. The Morgan fingerprint density at radius 1 is 0.863 bits per heavy atom. The van der Waals surface area contributed by atoms with Crippen molar-refractivity contribution in [3.8, 4) is 5.69 Å². The Morgan fingerprint density at radius 2 is 1.51 bits per heavy atom. The number of para-hydroxylation sites is 1. The number of hydrogen-bond acceptors (Lipinski definition) is 7. The summed E-state index contributed by atoms with van der Waals surface area (Å²) in [6.45, 7) is 10.8. The Bertz CT molecular complexity index is 2240. The lowest BCUT2D eigenvalue weighted by molar-refractivity contribution is 0.0993. The van der Waals surface area contributed by atoms with Crippen LogP contribution in [0, 0.1) is 0 Å². The Morgan fingerprint density at radius 3 is 2.16 bits per heavy atom. The average Bonchev–Trinajstić information content (AvgIpc) is 3.81. The zero-order chi connectivity index (χ0) is 36.7. The van der Waals surface area contributed by atoms with E-state index in [9.17, 15) is 19.2 Å². The maximum absolute atomic E-state index is 11.8. The maximum atomic E-state index is 11.8. The summed E-state index contributed by atoms with van der Waals surface area (Å²) >= 11 is 0. The van der Waals surface area contributed by atoms with Crippen LogP contribution < -0.4 is 21.6 Å². The van der Waals surface area contributed by atoms with Gasteiger partial charge >= 0.3 is 0 Å². The van der Waals surface area contributed by atoms with Crippen molar-refractivity contribution >= 4 is 61.3 Å². The van der Waals surface area contributed by atoms with Gasteiger partial charge in [-0.25, -0.2) is 9.67 Å². The normalized spacial score (nSPS) is 16.3. The lowest BCUT2D eigenvalue weighted by Crippen LogP contribution is -2.43. The summed E-state index contributed by atoms with van der Waals surface area (Å²) in [5, 5.41) is 6.37. The van der Waals surface area contributed by atoms with E-state index in [0.29, 0.717) is 22.2 Å². The standard InChI is InChI=1S/C21H26N4O2Si.C17H19N3O2Si/c1-21(20-23-17-10-5-9-16(19(22)26)18(17)24-20)11-6-12-25(21)14-7-4-8-15(13-14)28(2,3)27;1-23(2,22)11-12-6-8-14(9-7-12)20-10-13-4-3-5-15(17(18)21)16(13)19-20/h4-5,7-10,13,27H,6,11-12H2,1-3H3,(H2,22,26)(H,23,24);3-10,22H,11H2,1-2H3,(H2,18,21). The van der Waals surface area contributed by atoms with Crippen LogP contribution in [0.1, 0.15) is 51.9 Å². The fourth-order valence-corrected chi connectivity index (χ4v) is 9.05. The van der Waals surface area contributed by atoms with Crippen molar-refractivity contribution < 1.29 is 19.2 Å². The van der Waals surface area contributed by atoms with Gasteiger partial charge in [0.05, 0.1) is 27.9 Å². The highest BCUT2D eigenvalue weighted by Crippen LogP contribution is 2.41. The fraction of sp³-hybridized carbons (Fsp3) is 0.263. The number of H-pyrrole nitrogens is 1. The number of aromatic amines is 1. The van der Waals surface area contributed by atoms with E-state index in [1.165, 1.54) is 0 Å². The number of fused-ring (bicyclic) bond motifs is 2. The van der Waals surface area contributed by atoms with Crippen LogP contribution in [0.15, 0.2) is 91.1 Å². The van der Waals surface area contributed by atoms with Crippen LogP contribution in [0.5, 0.6) is 0 Å². The van der Waals surface area contributed by atoms with Gasteiger partial charge in [0.25, 0.3) is 11.8 Å². The smallest absolute Gasteiger partial charge is 0.250 e. The van der Waals surface area contributed by atoms with Crippen LogP contribution in [0.4, 0.5) is 5.69 Å². The number of carbonyl (C=O) groups excluding carboxylic acids is 2. The minimum absolute atomic E-state index is 0.326. The van der Waals surface area contributed by atoms with Crippen molar-refractivity contribution in [2.24, 2.45) is 11.5 Å². The third-order valence-corrected chi connectivity index (χ3v) is 12.4. The predicted molar refractivity (Wildman–Crippen MR) is 207 cm³/mol. The first-order chi connectivity index (χ1) is 24.0. The van der Waals surface area contributed by atoms with Gasteiger partial charge < -0.3 is 30.9 Å². The molecule has 1 fully saturated rings. The number of carbonyl (C=O) groups is 2. The van der Waals surface area contributed by atoms with Gasteiger partial charge in [-0.2, -0.15) is 5.10 Å². The molecule has 7 N–H and O–H groups in total. The van der Waals surface area contributed by atoms with E-state index in [1.807, 2.05) is 87.0 Å². The second kappa shape index (κ2) is 13.6. The molecule has 2 amide bonds. The van der Waals surface area contributed by atoms with Crippen LogP contribution in [0.3, 0.4) is 0 Å². The van der Waals surface area contributed by atoms with Gasteiger partial charge in [0.15, 0.2) is 8.32 Å². The Kier molecular flexibility index (Phi) is 9.50. The molecule has 7 rings (SSSR count). The number of primary amides is 2. The van der Waals surface area contributed by atoms with Gasteiger partial charge in [0.2, 0.25) is 8.32 Å². The van der Waals surface area contributed by atoms with Crippen molar-refractivity contribution in [2.75, 3.05) is 11.4 Å². The summed E-state index contributed by atoms with van der Waals surface area (Å²) in [5.41, 5.74) is 16.6. The summed E-state index contributed by atoms with van der Waals surface area (Å²) in [6, 6.07) is 27.7. The monoisotopic (exact) mass is 719 g/mol. The number of amides is 2. The first-order valence-corrected chi connectivity index (χ1v) is 23.1. The van der Waals surface area contributed by atoms with Crippen LogP contribution in [0.2, 0.25) is 26.2 Å². The van der Waals surface area contributed by atoms with Gasteiger partial charge in [-0.3, -0.25) is 9.59 Å². The van der Waals surface area contributed by atoms with Crippen LogP contribution in [-0.2, 0) is 11.6 Å². The summed E-state index contributed by atoms with van der Waals surface area (Å²) in [4.78, 5) is 54.4. The number of nitrogens with one attached hydrogen (secondary N) is 1. The molecule has 2 aromatic heterocycles. The molecule has 11 nitrogen and oxygen atoms in total. The molecule has 3 heterocycles. The molecule has 1 aliphatic rings. The number of imidazole rings is 1. The largest absolute Gasteiger partial charge is 0.432 e. The van der Waals surface area contributed by atoms with Crippen molar-refractivity contribution in [1.82, 2.24) is 19.7 Å². The van der Waals surface area contributed by atoms with Crippen molar-refractivity contribution in [2.45, 2.75) is 57.5 Å². The first kappa shape index (κ1) is 35.7. The molecule has 1 aliphatic heterocycles. The highest BCUT2D eigenvalue weighted by Gasteiger charge is 2.41. The highest BCUT2D eigenvalue weighted by atomic mass is 28.4. The van der Waals surface area contributed by atoms with E-state index in [4.69, 9.17) is 16.5 Å². The molecule has 51 heavy (non-hydrogen) atoms. The topological polar surface area (TPSA) is 176 Å². The SMILES string of the molecule is CC1(c2nc3c(C(N)=O)cccc3[nH]2)CCCN1c1cccc([Si](C)(C)O)c1.C[Si](C)(O)Cc1ccc(-n2cc3cccc(C(N)=O)c3n2)cc1. The van der Waals surface area contributed by atoms with Crippen molar-refractivity contribution in [1.29, 1.82) is 0 Å². The van der Waals surface area contributed by atoms with E-state index in [0.717, 1.165) is 64.3 Å². The van der Waals surface area contributed by atoms with E-state index in [1.54, 1.807) is 22.9 Å². The van der Waals surface area contributed by atoms with Gasteiger partial charge in [-0.05, 0) is 105 Å². The van der Waals surface area contributed by atoms with Gasteiger partial charge in [-0.15, -0.1) is 0 Å². The molecule has 6 aromatic rings. The number of anilines is 1. The third-order valence-electron chi connectivity index (χ3n) is 9.43. The molecule has 0 radical (unpaired) electrons. The molecular weight excluding hydrogens is 675 g/mol. The van der Waals surface area contributed by atoms with Gasteiger partial charge in [0, 0.05) is 23.8 Å². The number of hydrogen-bond donors (Lipinski definition) is 5. The third kappa shape index (κ3) is 7.51. The Balaban J connectivity index is 0.000000179. The molecule has 0 aliphatic carbocycles. The maximum Gasteiger partial charge on any atom is 0.250 e. The molecule has 264 valence electrons. The number of nitrogens with two attached hydrogens (primary N) is 2. The molecule has 1 saturated heterocycles. The average molecular weight is 720 g/mol. The second-order valence-electron chi connectivity index (χ2n) is 14.6. The van der Waals surface area contributed by atoms with E-state index < -0.39 is 28.4 Å². The predicted octanol–water partition coefficient (Wildman–Crippen LogP) is 4.99. The van der Waals surface area contributed by atoms with Crippen LogP contribution in [-0.4, -0.2) is 64.3 Å². The molecule has 0 saturated carbocycles.